The van der Waals surface area contributed by atoms with Crippen LogP contribution in [0.4, 0.5) is 0 Å². The summed E-state index contributed by atoms with van der Waals surface area (Å²) in [6.07, 6.45) is 5.46. The molecule has 0 aliphatic heterocycles. The molecule has 2 rings (SSSR count). The normalized spacial score (nSPS) is 10.5. The summed E-state index contributed by atoms with van der Waals surface area (Å²) in [7, 11) is 1.91. The minimum atomic E-state index is 0.798. The number of imidazole rings is 1. The number of rotatable bonds is 3. The highest BCUT2D eigenvalue weighted by Gasteiger charge is 2.05. The molecule has 0 saturated carbocycles. The van der Waals surface area contributed by atoms with Crippen molar-refractivity contribution < 1.29 is 0 Å². The lowest BCUT2D eigenvalue weighted by molar-refractivity contribution is 0.797. The van der Waals surface area contributed by atoms with Crippen molar-refractivity contribution >= 4 is 0 Å². The van der Waals surface area contributed by atoms with Gasteiger partial charge in [0.15, 0.2) is 0 Å². The van der Waals surface area contributed by atoms with Crippen molar-refractivity contribution in [2.45, 2.75) is 13.5 Å². The first-order valence-electron chi connectivity index (χ1n) is 4.90. The average molecular weight is 202 g/mol. The highest BCUT2D eigenvalue weighted by Crippen LogP contribution is 2.18. The minimum Gasteiger partial charge on any atom is -0.341 e. The molecule has 0 aromatic carbocycles. The van der Waals surface area contributed by atoms with Crippen molar-refractivity contribution in [1.82, 2.24) is 20.3 Å². The molecule has 0 aliphatic carbocycles. The van der Waals surface area contributed by atoms with E-state index in [2.05, 4.69) is 27.2 Å². The van der Waals surface area contributed by atoms with Gasteiger partial charge in [0.05, 0.1) is 0 Å². The highest BCUT2D eigenvalue weighted by atomic mass is 14.9. The smallest absolute Gasteiger partial charge is 0.139 e. The number of nitrogens with one attached hydrogen (secondary N) is 2. The second-order valence-corrected chi connectivity index (χ2v) is 3.48. The first-order chi connectivity index (χ1) is 7.31. The Hall–Kier alpha value is -1.68. The van der Waals surface area contributed by atoms with E-state index in [9.17, 15) is 0 Å². The monoisotopic (exact) mass is 202 g/mol. The van der Waals surface area contributed by atoms with Gasteiger partial charge in [-0.3, -0.25) is 4.98 Å². The van der Waals surface area contributed by atoms with E-state index in [0.29, 0.717) is 0 Å². The number of hydrogen-bond donors (Lipinski definition) is 2. The third kappa shape index (κ3) is 2.05. The predicted octanol–water partition coefficient (Wildman–Crippen LogP) is 1.50. The SMILES string of the molecule is CNCc1cnc(-c2cnccc2C)[nH]1. The summed E-state index contributed by atoms with van der Waals surface area (Å²) in [5.74, 6) is 0.880. The summed E-state index contributed by atoms with van der Waals surface area (Å²) >= 11 is 0. The van der Waals surface area contributed by atoms with Crippen molar-refractivity contribution in [1.29, 1.82) is 0 Å². The molecule has 0 atom stereocenters. The zero-order valence-corrected chi connectivity index (χ0v) is 8.91. The number of pyridine rings is 1. The van der Waals surface area contributed by atoms with Crippen LogP contribution >= 0.6 is 0 Å². The molecule has 15 heavy (non-hydrogen) atoms. The van der Waals surface area contributed by atoms with Gasteiger partial charge in [-0.15, -0.1) is 0 Å². The second kappa shape index (κ2) is 4.23. The van der Waals surface area contributed by atoms with Crippen LogP contribution in [0.15, 0.2) is 24.7 Å². The molecule has 0 aliphatic rings. The summed E-state index contributed by atoms with van der Waals surface area (Å²) in [5.41, 5.74) is 3.31. The number of hydrogen-bond acceptors (Lipinski definition) is 3. The van der Waals surface area contributed by atoms with Crippen molar-refractivity contribution in [2.24, 2.45) is 0 Å². The maximum absolute atomic E-state index is 4.33. The molecule has 2 N–H and O–H groups in total. The molecule has 0 fully saturated rings. The van der Waals surface area contributed by atoms with Gasteiger partial charge in [0.1, 0.15) is 5.82 Å². The number of H-pyrrole nitrogens is 1. The first kappa shape index (κ1) is 9.86. The molecular weight excluding hydrogens is 188 g/mol. The lowest BCUT2D eigenvalue weighted by Gasteiger charge is -2.00. The van der Waals surface area contributed by atoms with Gasteiger partial charge in [0.2, 0.25) is 0 Å². The van der Waals surface area contributed by atoms with Crippen LogP contribution in [-0.4, -0.2) is 22.0 Å². The molecule has 0 amide bonds. The van der Waals surface area contributed by atoms with E-state index in [4.69, 9.17) is 0 Å². The van der Waals surface area contributed by atoms with Crippen LogP contribution in [0.3, 0.4) is 0 Å². The van der Waals surface area contributed by atoms with Gasteiger partial charge >= 0.3 is 0 Å². The van der Waals surface area contributed by atoms with Gasteiger partial charge in [-0.2, -0.15) is 0 Å². The quantitative estimate of drug-likeness (QED) is 0.793. The zero-order valence-electron chi connectivity index (χ0n) is 8.91. The summed E-state index contributed by atoms with van der Waals surface area (Å²) in [6, 6.07) is 1.98. The molecule has 0 bridgehead atoms. The Balaban J connectivity index is 2.33. The molecule has 0 saturated heterocycles. The molecule has 0 spiro atoms. The van der Waals surface area contributed by atoms with Crippen LogP contribution in [0.1, 0.15) is 11.3 Å². The van der Waals surface area contributed by atoms with Crippen LogP contribution < -0.4 is 5.32 Å². The Morgan fingerprint density at radius 1 is 1.40 bits per heavy atom. The van der Waals surface area contributed by atoms with Crippen LogP contribution in [0.2, 0.25) is 0 Å². The Kier molecular flexibility index (Phi) is 2.78. The number of aromatic nitrogens is 3. The van der Waals surface area contributed by atoms with Crippen molar-refractivity contribution in [3.05, 3.63) is 35.9 Å². The van der Waals surface area contributed by atoms with E-state index >= 15 is 0 Å². The number of aryl methyl sites for hydroxylation is 1. The number of aromatic amines is 1. The van der Waals surface area contributed by atoms with E-state index in [1.165, 1.54) is 5.56 Å². The van der Waals surface area contributed by atoms with E-state index in [0.717, 1.165) is 23.6 Å². The summed E-state index contributed by atoms with van der Waals surface area (Å²) in [5, 5.41) is 3.08. The fourth-order valence-corrected chi connectivity index (χ4v) is 1.49. The Labute approximate surface area is 88.8 Å². The standard InChI is InChI=1S/C11H14N4/c1-8-3-4-13-7-10(8)11-14-6-9(15-11)5-12-2/h3-4,6-7,12H,5H2,1-2H3,(H,14,15). The van der Waals surface area contributed by atoms with Gasteiger partial charge in [-0.1, -0.05) is 0 Å². The average Bonchev–Trinajstić information content (AvgIpc) is 2.68. The molecule has 0 unspecified atom stereocenters. The molecular formula is C11H14N4. The van der Waals surface area contributed by atoms with Crippen molar-refractivity contribution in [2.75, 3.05) is 7.05 Å². The third-order valence-corrected chi connectivity index (χ3v) is 2.29. The van der Waals surface area contributed by atoms with Crippen LogP contribution in [0.5, 0.6) is 0 Å². The molecule has 2 aromatic heterocycles. The molecule has 4 nitrogen and oxygen atoms in total. The van der Waals surface area contributed by atoms with E-state index in [1.54, 1.807) is 6.20 Å². The molecule has 2 heterocycles. The highest BCUT2D eigenvalue weighted by molar-refractivity contribution is 5.58. The maximum Gasteiger partial charge on any atom is 0.139 e. The van der Waals surface area contributed by atoms with Gasteiger partial charge < -0.3 is 10.3 Å². The number of nitrogens with zero attached hydrogens (tertiary/aromatic N) is 2. The van der Waals surface area contributed by atoms with Gasteiger partial charge in [0, 0.05) is 36.4 Å². The topological polar surface area (TPSA) is 53.6 Å². The van der Waals surface area contributed by atoms with E-state index in [1.807, 2.05) is 25.5 Å². The minimum absolute atomic E-state index is 0.798. The summed E-state index contributed by atoms with van der Waals surface area (Å²) in [6.45, 7) is 2.85. The van der Waals surface area contributed by atoms with Crippen LogP contribution in [0.25, 0.3) is 11.4 Å². The Bertz CT molecular complexity index is 447. The van der Waals surface area contributed by atoms with Gasteiger partial charge in [0.25, 0.3) is 0 Å². The predicted molar refractivity (Wildman–Crippen MR) is 59.3 cm³/mol. The van der Waals surface area contributed by atoms with Crippen LogP contribution in [-0.2, 0) is 6.54 Å². The maximum atomic E-state index is 4.33. The lowest BCUT2D eigenvalue weighted by Crippen LogP contribution is -2.04. The lowest BCUT2D eigenvalue weighted by atomic mass is 10.1. The van der Waals surface area contributed by atoms with E-state index < -0.39 is 0 Å². The zero-order chi connectivity index (χ0) is 10.7. The summed E-state index contributed by atoms with van der Waals surface area (Å²) in [4.78, 5) is 11.7. The fourth-order valence-electron chi connectivity index (χ4n) is 1.49. The van der Waals surface area contributed by atoms with Crippen LogP contribution in [0, 0.1) is 6.92 Å². The van der Waals surface area contributed by atoms with Gasteiger partial charge in [-0.05, 0) is 25.6 Å². The molecule has 78 valence electrons. The molecule has 2 aromatic rings. The molecule has 4 heteroatoms. The largest absolute Gasteiger partial charge is 0.341 e. The third-order valence-electron chi connectivity index (χ3n) is 2.29. The van der Waals surface area contributed by atoms with Crippen molar-refractivity contribution in [3.63, 3.8) is 0 Å². The second-order valence-electron chi connectivity index (χ2n) is 3.48. The van der Waals surface area contributed by atoms with E-state index in [-0.39, 0.29) is 0 Å². The molecule has 0 radical (unpaired) electrons. The fraction of sp³-hybridized carbons (Fsp3) is 0.273. The van der Waals surface area contributed by atoms with Gasteiger partial charge in [-0.25, -0.2) is 4.98 Å². The Morgan fingerprint density at radius 2 is 2.27 bits per heavy atom. The summed E-state index contributed by atoms with van der Waals surface area (Å²) < 4.78 is 0. The van der Waals surface area contributed by atoms with Crippen molar-refractivity contribution in [3.8, 4) is 11.4 Å². The Morgan fingerprint density at radius 3 is 3.00 bits per heavy atom. The first-order valence-corrected chi connectivity index (χ1v) is 4.90.